The van der Waals surface area contributed by atoms with Crippen molar-refractivity contribution in [1.29, 1.82) is 0 Å². The maximum absolute atomic E-state index is 14.2. The van der Waals surface area contributed by atoms with E-state index in [9.17, 15) is 27.9 Å². The molecular weight excluding hydrogens is 444 g/mol. The van der Waals surface area contributed by atoms with Crippen molar-refractivity contribution in [1.82, 2.24) is 9.80 Å². The lowest BCUT2D eigenvalue weighted by Crippen LogP contribution is -2.73. The third kappa shape index (κ3) is 3.42. The van der Waals surface area contributed by atoms with Gasteiger partial charge < -0.3 is 10.0 Å². The number of nitrogens with zero attached hydrogens (tertiary/aromatic N) is 2. The molecule has 1 fully saturated rings. The molecule has 0 spiro atoms. The van der Waals surface area contributed by atoms with Gasteiger partial charge in [0.1, 0.15) is 5.92 Å². The summed E-state index contributed by atoms with van der Waals surface area (Å²) in [5.74, 6) is -3.07. The molecular formula is C20H17Cl2F3N2O3. The molecule has 0 saturated carbocycles. The molecule has 30 heavy (non-hydrogen) atoms. The molecule has 0 aliphatic carbocycles. The Morgan fingerprint density at radius 3 is 2.20 bits per heavy atom. The molecule has 10 heteroatoms. The Morgan fingerprint density at radius 2 is 1.67 bits per heavy atom. The lowest BCUT2D eigenvalue weighted by molar-refractivity contribution is -0.328. The second kappa shape index (κ2) is 7.76. The number of benzene rings is 2. The number of aliphatic hydroxyl groups is 1. The number of carbonyl (C=O) groups is 2. The minimum Gasteiger partial charge on any atom is -0.363 e. The number of ketones is 1. The van der Waals surface area contributed by atoms with Crippen LogP contribution in [0.15, 0.2) is 48.5 Å². The zero-order valence-electron chi connectivity index (χ0n) is 15.8. The molecule has 1 aliphatic heterocycles. The molecule has 5 nitrogen and oxygen atoms in total. The third-order valence-electron chi connectivity index (χ3n) is 5.31. The Balaban J connectivity index is 2.29. The number of carbonyl (C=O) groups excluding carboxylic acids is 2. The number of Topliss-reactive ketones (excluding diaryl/α,β-unsaturated/α-hetero) is 1. The first-order valence-electron chi connectivity index (χ1n) is 8.75. The van der Waals surface area contributed by atoms with E-state index >= 15 is 0 Å². The lowest BCUT2D eigenvalue weighted by atomic mass is 9.75. The minimum atomic E-state index is -5.32. The Morgan fingerprint density at radius 1 is 1.07 bits per heavy atom. The van der Waals surface area contributed by atoms with Crippen LogP contribution in [0.3, 0.4) is 0 Å². The molecule has 3 atom stereocenters. The van der Waals surface area contributed by atoms with Crippen LogP contribution in [-0.4, -0.2) is 52.7 Å². The number of urea groups is 1. The first kappa shape index (κ1) is 22.4. The van der Waals surface area contributed by atoms with Crippen molar-refractivity contribution in [3.8, 4) is 0 Å². The zero-order chi connectivity index (χ0) is 22.4. The predicted molar refractivity (Wildman–Crippen MR) is 105 cm³/mol. The van der Waals surface area contributed by atoms with Gasteiger partial charge in [0.2, 0.25) is 0 Å². The van der Waals surface area contributed by atoms with Crippen LogP contribution in [0.1, 0.15) is 22.0 Å². The predicted octanol–water partition coefficient (Wildman–Crippen LogP) is 4.78. The normalized spacial score (nSPS) is 24.9. The second-order valence-electron chi connectivity index (χ2n) is 7.00. The second-order valence-corrected chi connectivity index (χ2v) is 7.82. The van der Waals surface area contributed by atoms with E-state index in [1.165, 1.54) is 49.5 Å². The van der Waals surface area contributed by atoms with Gasteiger partial charge in [0.05, 0.1) is 16.1 Å². The van der Waals surface area contributed by atoms with Crippen LogP contribution in [0.4, 0.5) is 18.0 Å². The van der Waals surface area contributed by atoms with Crippen LogP contribution in [-0.2, 0) is 0 Å². The van der Waals surface area contributed by atoms with Crippen LogP contribution in [0.5, 0.6) is 0 Å². The van der Waals surface area contributed by atoms with Gasteiger partial charge >= 0.3 is 12.2 Å². The monoisotopic (exact) mass is 460 g/mol. The lowest BCUT2D eigenvalue weighted by Gasteiger charge is -2.53. The fourth-order valence-corrected chi connectivity index (χ4v) is 4.05. The standard InChI is InChI=1S/C20H17Cl2F3N2O3/c1-26-16(12-8-9-13(21)14(22)10-12)15(17(28)11-6-4-3-5-7-11)19(30,20(23,24)25)27(2)18(26)29/h3-10,15-16,30H,1-2H3. The highest BCUT2D eigenvalue weighted by Gasteiger charge is 2.70. The first-order chi connectivity index (χ1) is 13.9. The quantitative estimate of drug-likeness (QED) is 0.670. The van der Waals surface area contributed by atoms with Crippen molar-refractivity contribution in [2.45, 2.75) is 17.9 Å². The van der Waals surface area contributed by atoms with Gasteiger partial charge in [-0.25, -0.2) is 4.79 Å². The summed E-state index contributed by atoms with van der Waals surface area (Å²) in [4.78, 5) is 27.1. The molecule has 1 N–H and O–H groups in total. The molecule has 1 heterocycles. The molecule has 2 amide bonds. The fourth-order valence-electron chi connectivity index (χ4n) is 3.74. The molecule has 160 valence electrons. The Labute approximate surface area is 180 Å². The van der Waals surface area contributed by atoms with Crippen molar-refractivity contribution in [2.24, 2.45) is 5.92 Å². The molecule has 1 aliphatic rings. The molecule has 0 bridgehead atoms. The van der Waals surface area contributed by atoms with E-state index in [1.807, 2.05) is 0 Å². The Hall–Kier alpha value is -2.29. The van der Waals surface area contributed by atoms with Crippen molar-refractivity contribution >= 4 is 35.0 Å². The highest BCUT2D eigenvalue weighted by atomic mass is 35.5. The van der Waals surface area contributed by atoms with Gasteiger partial charge in [0, 0.05) is 19.7 Å². The number of amides is 2. The van der Waals surface area contributed by atoms with Crippen LogP contribution in [0.2, 0.25) is 10.0 Å². The number of halogens is 5. The number of alkyl halides is 3. The highest BCUT2D eigenvalue weighted by Crippen LogP contribution is 2.50. The van der Waals surface area contributed by atoms with Gasteiger partial charge in [0.25, 0.3) is 5.72 Å². The zero-order valence-corrected chi connectivity index (χ0v) is 17.3. The summed E-state index contributed by atoms with van der Waals surface area (Å²) in [5.41, 5.74) is -3.66. The van der Waals surface area contributed by atoms with Gasteiger partial charge in [-0.15, -0.1) is 0 Å². The summed E-state index contributed by atoms with van der Waals surface area (Å²) < 4.78 is 42.5. The SMILES string of the molecule is CN1C(=O)N(C)C(O)(C(F)(F)F)C(C(=O)c2ccccc2)C1c1ccc(Cl)c(Cl)c1. The average molecular weight is 461 g/mol. The van der Waals surface area contributed by atoms with Gasteiger partial charge in [-0.1, -0.05) is 59.6 Å². The van der Waals surface area contributed by atoms with Crippen molar-refractivity contribution < 1.29 is 27.9 Å². The summed E-state index contributed by atoms with van der Waals surface area (Å²) >= 11 is 11.9. The summed E-state index contributed by atoms with van der Waals surface area (Å²) in [6.07, 6.45) is -5.32. The van der Waals surface area contributed by atoms with Crippen molar-refractivity contribution in [3.63, 3.8) is 0 Å². The van der Waals surface area contributed by atoms with E-state index in [-0.39, 0.29) is 26.1 Å². The van der Waals surface area contributed by atoms with E-state index in [0.29, 0.717) is 0 Å². The molecule has 1 saturated heterocycles. The van der Waals surface area contributed by atoms with Crippen LogP contribution < -0.4 is 0 Å². The molecule has 0 radical (unpaired) electrons. The van der Waals surface area contributed by atoms with Crippen molar-refractivity contribution in [2.75, 3.05) is 14.1 Å². The highest BCUT2D eigenvalue weighted by molar-refractivity contribution is 6.42. The maximum atomic E-state index is 14.2. The van der Waals surface area contributed by atoms with Crippen LogP contribution in [0, 0.1) is 5.92 Å². The average Bonchev–Trinajstić information content (AvgIpc) is 2.70. The van der Waals surface area contributed by atoms with E-state index in [0.717, 1.165) is 11.9 Å². The smallest absolute Gasteiger partial charge is 0.363 e. The topological polar surface area (TPSA) is 60.9 Å². The Kier molecular flexibility index (Phi) is 5.79. The summed E-state index contributed by atoms with van der Waals surface area (Å²) in [7, 11) is 2.07. The summed E-state index contributed by atoms with van der Waals surface area (Å²) in [6, 6.07) is 8.74. The van der Waals surface area contributed by atoms with Gasteiger partial charge in [-0.2, -0.15) is 13.2 Å². The van der Waals surface area contributed by atoms with E-state index in [1.54, 1.807) is 6.07 Å². The minimum absolute atomic E-state index is 0.0358. The molecule has 2 aromatic rings. The first-order valence-corrected chi connectivity index (χ1v) is 9.50. The van der Waals surface area contributed by atoms with Crippen LogP contribution >= 0.6 is 23.2 Å². The van der Waals surface area contributed by atoms with Gasteiger partial charge in [0.15, 0.2) is 5.78 Å². The maximum Gasteiger partial charge on any atom is 0.437 e. The fraction of sp³-hybridized carbons (Fsp3) is 0.300. The number of hydrogen-bond donors (Lipinski definition) is 1. The summed E-state index contributed by atoms with van der Waals surface area (Å²) in [6.45, 7) is 0. The summed E-state index contributed by atoms with van der Waals surface area (Å²) in [5, 5.41) is 11.1. The third-order valence-corrected chi connectivity index (χ3v) is 6.05. The van der Waals surface area contributed by atoms with Gasteiger partial charge in [-0.3, -0.25) is 9.69 Å². The van der Waals surface area contributed by atoms with E-state index in [2.05, 4.69) is 0 Å². The number of rotatable bonds is 3. The van der Waals surface area contributed by atoms with Crippen molar-refractivity contribution in [3.05, 3.63) is 69.7 Å². The van der Waals surface area contributed by atoms with Crippen LogP contribution in [0.25, 0.3) is 0 Å². The molecule has 2 aromatic carbocycles. The largest absolute Gasteiger partial charge is 0.437 e. The van der Waals surface area contributed by atoms with Gasteiger partial charge in [-0.05, 0) is 17.7 Å². The number of hydrogen-bond acceptors (Lipinski definition) is 3. The Bertz CT molecular complexity index is 987. The molecule has 3 unspecified atom stereocenters. The molecule has 3 rings (SSSR count). The van der Waals surface area contributed by atoms with E-state index in [4.69, 9.17) is 23.2 Å². The molecule has 0 aromatic heterocycles. The van der Waals surface area contributed by atoms with E-state index < -0.39 is 35.7 Å².